The molecule has 4 nitrogen and oxygen atoms in total. The van der Waals surface area contributed by atoms with Gasteiger partial charge in [0.15, 0.2) is 0 Å². The van der Waals surface area contributed by atoms with Crippen LogP contribution >= 0.6 is 23.2 Å². The minimum Gasteiger partial charge on any atom is -0.340 e. The molecule has 1 heterocycles. The van der Waals surface area contributed by atoms with Crippen molar-refractivity contribution in [3.8, 4) is 0 Å². The van der Waals surface area contributed by atoms with Crippen LogP contribution in [0, 0.1) is 0 Å². The topological polar surface area (TPSA) is 54.0 Å². The zero-order chi connectivity index (χ0) is 16.9. The molecule has 2 N–H and O–H groups in total. The molecule has 0 atom stereocenters. The number of aromatic nitrogens is 1. The molecule has 0 saturated carbocycles. The Balaban J connectivity index is 1.70. The lowest BCUT2D eigenvalue weighted by atomic mass is 10.2. The first-order chi connectivity index (χ1) is 11.6. The standard InChI is InChI=1S/C18H13Cl2N3O/c19-13-8-14(20)10-16(9-13)22-17-7-6-12(11-21-17)18(24)23-15-4-2-1-3-5-15/h1-11H,(H,21,22)(H,23,24). The number of pyridine rings is 1. The van der Waals surface area contributed by atoms with E-state index in [4.69, 9.17) is 23.2 Å². The van der Waals surface area contributed by atoms with Crippen LogP contribution in [0.4, 0.5) is 17.2 Å². The number of rotatable bonds is 4. The third kappa shape index (κ3) is 4.25. The predicted octanol–water partition coefficient (Wildman–Crippen LogP) is 5.38. The molecular formula is C18H13Cl2N3O. The van der Waals surface area contributed by atoms with Gasteiger partial charge in [-0.25, -0.2) is 4.98 Å². The van der Waals surface area contributed by atoms with Crippen LogP contribution in [0.2, 0.25) is 10.0 Å². The lowest BCUT2D eigenvalue weighted by Gasteiger charge is -2.08. The minimum absolute atomic E-state index is 0.217. The van der Waals surface area contributed by atoms with E-state index in [2.05, 4.69) is 15.6 Å². The number of carbonyl (C=O) groups excluding carboxylic acids is 1. The normalized spacial score (nSPS) is 10.2. The van der Waals surface area contributed by atoms with Crippen LogP contribution in [0.1, 0.15) is 10.4 Å². The quantitative estimate of drug-likeness (QED) is 0.658. The van der Waals surface area contributed by atoms with E-state index in [-0.39, 0.29) is 5.91 Å². The van der Waals surface area contributed by atoms with Gasteiger partial charge in [0.05, 0.1) is 5.56 Å². The fourth-order valence-corrected chi connectivity index (χ4v) is 2.63. The van der Waals surface area contributed by atoms with Crippen LogP contribution in [0.15, 0.2) is 66.9 Å². The minimum atomic E-state index is -0.217. The zero-order valence-corrected chi connectivity index (χ0v) is 14.0. The van der Waals surface area contributed by atoms with E-state index in [0.29, 0.717) is 21.4 Å². The summed E-state index contributed by atoms with van der Waals surface area (Å²) in [7, 11) is 0. The van der Waals surface area contributed by atoms with Crippen LogP contribution < -0.4 is 10.6 Å². The molecule has 0 radical (unpaired) electrons. The van der Waals surface area contributed by atoms with Gasteiger partial charge in [0.2, 0.25) is 0 Å². The number of benzene rings is 2. The summed E-state index contributed by atoms with van der Waals surface area (Å²) in [6.07, 6.45) is 1.51. The number of anilines is 3. The van der Waals surface area contributed by atoms with Gasteiger partial charge in [-0.3, -0.25) is 4.79 Å². The molecule has 6 heteroatoms. The Morgan fingerprint density at radius 2 is 1.58 bits per heavy atom. The van der Waals surface area contributed by atoms with Crippen molar-refractivity contribution < 1.29 is 4.79 Å². The van der Waals surface area contributed by atoms with E-state index in [1.54, 1.807) is 30.3 Å². The molecule has 0 aliphatic carbocycles. The number of halogens is 2. The summed E-state index contributed by atoms with van der Waals surface area (Å²) < 4.78 is 0. The van der Waals surface area contributed by atoms with E-state index in [9.17, 15) is 4.79 Å². The second-order valence-corrected chi connectivity index (χ2v) is 5.91. The molecular weight excluding hydrogens is 345 g/mol. The summed E-state index contributed by atoms with van der Waals surface area (Å²) in [5.41, 5.74) is 1.92. The number of para-hydroxylation sites is 1. The molecule has 0 unspecified atom stereocenters. The van der Waals surface area contributed by atoms with Crippen molar-refractivity contribution >= 4 is 46.3 Å². The highest BCUT2D eigenvalue weighted by Crippen LogP contribution is 2.24. The summed E-state index contributed by atoms with van der Waals surface area (Å²) in [6, 6.07) is 17.8. The summed E-state index contributed by atoms with van der Waals surface area (Å²) >= 11 is 11.9. The van der Waals surface area contributed by atoms with Gasteiger partial charge >= 0.3 is 0 Å². The van der Waals surface area contributed by atoms with Gasteiger partial charge in [0, 0.05) is 27.6 Å². The number of carbonyl (C=O) groups is 1. The van der Waals surface area contributed by atoms with E-state index in [1.807, 2.05) is 30.3 Å². The molecule has 0 aliphatic rings. The molecule has 0 fully saturated rings. The molecule has 120 valence electrons. The highest BCUT2D eigenvalue weighted by molar-refractivity contribution is 6.35. The van der Waals surface area contributed by atoms with Crippen molar-refractivity contribution in [3.63, 3.8) is 0 Å². The Hall–Kier alpha value is -2.56. The molecule has 0 saturated heterocycles. The van der Waals surface area contributed by atoms with Gasteiger partial charge in [0.1, 0.15) is 5.82 Å². The van der Waals surface area contributed by atoms with E-state index in [0.717, 1.165) is 11.4 Å². The fraction of sp³-hybridized carbons (Fsp3) is 0. The molecule has 3 aromatic rings. The Morgan fingerprint density at radius 1 is 0.875 bits per heavy atom. The number of hydrogen-bond acceptors (Lipinski definition) is 3. The van der Waals surface area contributed by atoms with E-state index < -0.39 is 0 Å². The molecule has 2 aromatic carbocycles. The van der Waals surface area contributed by atoms with Crippen LogP contribution in [0.5, 0.6) is 0 Å². The first-order valence-corrected chi connectivity index (χ1v) is 7.91. The molecule has 1 aromatic heterocycles. The molecule has 0 aliphatic heterocycles. The summed E-state index contributed by atoms with van der Waals surface area (Å²) in [5.74, 6) is 0.371. The summed E-state index contributed by atoms with van der Waals surface area (Å²) in [4.78, 5) is 16.4. The maximum absolute atomic E-state index is 12.2. The highest BCUT2D eigenvalue weighted by Gasteiger charge is 2.07. The lowest BCUT2D eigenvalue weighted by Crippen LogP contribution is -2.12. The predicted molar refractivity (Wildman–Crippen MR) is 98.4 cm³/mol. The Bertz CT molecular complexity index is 832. The highest BCUT2D eigenvalue weighted by atomic mass is 35.5. The van der Waals surface area contributed by atoms with Crippen molar-refractivity contribution in [1.82, 2.24) is 4.98 Å². The third-order valence-electron chi connectivity index (χ3n) is 3.19. The molecule has 3 rings (SSSR count). The summed E-state index contributed by atoms with van der Waals surface area (Å²) in [6.45, 7) is 0. The van der Waals surface area contributed by atoms with Crippen molar-refractivity contribution in [3.05, 3.63) is 82.5 Å². The second-order valence-electron chi connectivity index (χ2n) is 5.04. The first-order valence-electron chi connectivity index (χ1n) is 7.16. The maximum Gasteiger partial charge on any atom is 0.257 e. The van der Waals surface area contributed by atoms with Gasteiger partial charge in [0.25, 0.3) is 5.91 Å². The largest absolute Gasteiger partial charge is 0.340 e. The Labute approximate surface area is 149 Å². The SMILES string of the molecule is O=C(Nc1ccccc1)c1ccc(Nc2cc(Cl)cc(Cl)c2)nc1. The van der Waals surface area contributed by atoms with Gasteiger partial charge in [-0.2, -0.15) is 0 Å². The molecule has 1 amide bonds. The van der Waals surface area contributed by atoms with Gasteiger partial charge in [-0.1, -0.05) is 41.4 Å². The van der Waals surface area contributed by atoms with Crippen molar-refractivity contribution in [2.75, 3.05) is 10.6 Å². The molecule has 24 heavy (non-hydrogen) atoms. The number of nitrogens with one attached hydrogen (secondary N) is 2. The average Bonchev–Trinajstić information content (AvgIpc) is 2.55. The van der Waals surface area contributed by atoms with Gasteiger partial charge in [-0.05, 0) is 42.5 Å². The molecule has 0 bridgehead atoms. The van der Waals surface area contributed by atoms with Crippen molar-refractivity contribution in [1.29, 1.82) is 0 Å². The monoisotopic (exact) mass is 357 g/mol. The van der Waals surface area contributed by atoms with Crippen LogP contribution in [0.3, 0.4) is 0 Å². The van der Waals surface area contributed by atoms with Gasteiger partial charge in [-0.15, -0.1) is 0 Å². The van der Waals surface area contributed by atoms with Crippen LogP contribution in [-0.4, -0.2) is 10.9 Å². The van der Waals surface area contributed by atoms with Crippen LogP contribution in [-0.2, 0) is 0 Å². The Kier molecular flexibility index (Phi) is 4.99. The molecule has 0 spiro atoms. The summed E-state index contributed by atoms with van der Waals surface area (Å²) in [5, 5.41) is 6.96. The zero-order valence-electron chi connectivity index (χ0n) is 12.5. The van der Waals surface area contributed by atoms with Gasteiger partial charge < -0.3 is 10.6 Å². The third-order valence-corrected chi connectivity index (χ3v) is 3.63. The number of hydrogen-bond donors (Lipinski definition) is 2. The number of amides is 1. The Morgan fingerprint density at radius 3 is 2.21 bits per heavy atom. The second kappa shape index (κ2) is 7.34. The fourth-order valence-electron chi connectivity index (χ4n) is 2.10. The van der Waals surface area contributed by atoms with Crippen molar-refractivity contribution in [2.45, 2.75) is 0 Å². The van der Waals surface area contributed by atoms with E-state index >= 15 is 0 Å². The first kappa shape index (κ1) is 16.3. The van der Waals surface area contributed by atoms with Crippen LogP contribution in [0.25, 0.3) is 0 Å². The van der Waals surface area contributed by atoms with E-state index in [1.165, 1.54) is 6.20 Å². The average molecular weight is 358 g/mol. The van der Waals surface area contributed by atoms with Crippen molar-refractivity contribution in [2.24, 2.45) is 0 Å². The smallest absolute Gasteiger partial charge is 0.257 e. The number of nitrogens with zero attached hydrogens (tertiary/aromatic N) is 1. The maximum atomic E-state index is 12.2. The lowest BCUT2D eigenvalue weighted by molar-refractivity contribution is 0.102.